The van der Waals surface area contributed by atoms with Gasteiger partial charge in [-0.1, -0.05) is 83.0 Å². The fraction of sp³-hybridized carbons (Fsp3) is 0.765. The van der Waals surface area contributed by atoms with Crippen LogP contribution in [-0.4, -0.2) is 16.3 Å². The van der Waals surface area contributed by atoms with Crippen molar-refractivity contribution in [3.05, 3.63) is 47.5 Å². The first-order valence-electron chi connectivity index (χ1n) is 15.2. The highest BCUT2D eigenvalue weighted by Gasteiger charge is 2.59. The van der Waals surface area contributed by atoms with Crippen LogP contribution in [0.5, 0.6) is 0 Å². The Labute approximate surface area is 221 Å². The van der Waals surface area contributed by atoms with Crippen molar-refractivity contribution in [3.63, 3.8) is 0 Å². The molecule has 4 aliphatic rings. The molecule has 0 spiro atoms. The lowest BCUT2D eigenvalue weighted by Gasteiger charge is -2.58. The summed E-state index contributed by atoms with van der Waals surface area (Å²) in [7, 11) is 0. The van der Waals surface area contributed by atoms with Gasteiger partial charge in [-0.25, -0.2) is 0 Å². The molecule has 2 heteroatoms. The number of aliphatic hydroxyl groups is 2. The van der Waals surface area contributed by atoms with E-state index in [-0.39, 0.29) is 12.0 Å². The molecule has 3 fully saturated rings. The molecule has 2 N–H and O–H groups in total. The minimum Gasteiger partial charge on any atom is -0.393 e. The van der Waals surface area contributed by atoms with E-state index >= 15 is 0 Å². The maximum Gasteiger partial charge on any atom is 0.0919 e. The van der Waals surface area contributed by atoms with Crippen LogP contribution in [0.2, 0.25) is 0 Å². The van der Waals surface area contributed by atoms with Gasteiger partial charge in [-0.15, -0.1) is 0 Å². The van der Waals surface area contributed by atoms with Crippen molar-refractivity contribution in [1.29, 1.82) is 0 Å². The van der Waals surface area contributed by atoms with Crippen LogP contribution >= 0.6 is 0 Å². The van der Waals surface area contributed by atoms with E-state index in [1.54, 1.807) is 5.57 Å². The molecule has 4 aliphatic carbocycles. The van der Waals surface area contributed by atoms with Crippen LogP contribution in [0.25, 0.3) is 0 Å². The average Bonchev–Trinajstić information content (AvgIpc) is 3.22. The number of aliphatic hydroxyl groups excluding tert-OH is 1. The lowest BCUT2D eigenvalue weighted by atomic mass is 9.47. The summed E-state index contributed by atoms with van der Waals surface area (Å²) in [6.07, 6.45) is 15.6. The molecule has 0 radical (unpaired) electrons. The third-order valence-electron chi connectivity index (χ3n) is 12.3. The van der Waals surface area contributed by atoms with E-state index in [2.05, 4.69) is 65.0 Å². The summed E-state index contributed by atoms with van der Waals surface area (Å²) in [5.74, 6) is 4.28. The summed E-state index contributed by atoms with van der Waals surface area (Å²) in [6.45, 7) is 12.0. The number of hydrogen-bond donors (Lipinski definition) is 2. The maximum absolute atomic E-state index is 11.6. The fourth-order valence-electron chi connectivity index (χ4n) is 10.0. The van der Waals surface area contributed by atoms with E-state index in [0.717, 1.165) is 60.8 Å². The summed E-state index contributed by atoms with van der Waals surface area (Å²) in [6, 6.07) is 10.4. The minimum absolute atomic E-state index is 0.110. The van der Waals surface area contributed by atoms with Gasteiger partial charge in [0.1, 0.15) is 0 Å². The molecule has 5 rings (SSSR count). The van der Waals surface area contributed by atoms with Crippen molar-refractivity contribution in [1.82, 2.24) is 0 Å². The van der Waals surface area contributed by atoms with E-state index in [1.165, 1.54) is 44.9 Å². The second kappa shape index (κ2) is 9.88. The molecular formula is C34H52O2. The highest BCUT2D eigenvalue weighted by atomic mass is 16.3. The zero-order chi connectivity index (χ0) is 25.7. The molecule has 0 saturated heterocycles. The Balaban J connectivity index is 1.25. The molecule has 0 amide bonds. The Bertz CT molecular complexity index is 936. The number of fused-ring (bicyclic) bond motifs is 5. The Kier molecular flexibility index (Phi) is 7.27. The normalized spacial score (nSPS) is 40.6. The van der Waals surface area contributed by atoms with Crippen molar-refractivity contribution in [2.75, 3.05) is 0 Å². The standard InChI is InChI=1S/C34H52O2/c1-23(2)34(36,25-11-7-6-8-12-25)19-9-10-24(3)29-15-16-30-28-14-13-26-22-27(35)17-20-32(26,4)31(28)18-21-33(29,30)5/h6-8,11-13,23-24,27-31,35-36H,9-10,14-22H2,1-5H3/t24-,27+,28+,29-,30+,31+,32+,33-,34?/m1/s1. The van der Waals surface area contributed by atoms with Crippen molar-refractivity contribution >= 4 is 0 Å². The number of benzene rings is 1. The Morgan fingerprint density at radius 3 is 2.44 bits per heavy atom. The van der Waals surface area contributed by atoms with Gasteiger partial charge in [0.25, 0.3) is 0 Å². The number of hydrogen-bond acceptors (Lipinski definition) is 2. The van der Waals surface area contributed by atoms with Crippen LogP contribution in [0.3, 0.4) is 0 Å². The molecule has 0 heterocycles. The zero-order valence-corrected chi connectivity index (χ0v) is 23.7. The van der Waals surface area contributed by atoms with Crippen molar-refractivity contribution in [2.45, 2.75) is 117 Å². The Hall–Kier alpha value is -1.12. The molecular weight excluding hydrogens is 440 g/mol. The largest absolute Gasteiger partial charge is 0.393 e. The lowest BCUT2D eigenvalue weighted by molar-refractivity contribution is -0.0583. The second-order valence-electron chi connectivity index (χ2n) is 14.2. The molecule has 2 nitrogen and oxygen atoms in total. The van der Waals surface area contributed by atoms with E-state index in [1.807, 2.05) is 6.07 Å². The van der Waals surface area contributed by atoms with Crippen LogP contribution in [-0.2, 0) is 5.60 Å². The molecule has 0 aliphatic heterocycles. The highest BCUT2D eigenvalue weighted by Crippen LogP contribution is 2.67. The third-order valence-corrected chi connectivity index (χ3v) is 12.3. The van der Waals surface area contributed by atoms with Crippen molar-refractivity contribution in [2.24, 2.45) is 46.3 Å². The molecule has 36 heavy (non-hydrogen) atoms. The Morgan fingerprint density at radius 1 is 0.972 bits per heavy atom. The van der Waals surface area contributed by atoms with Gasteiger partial charge in [-0.05, 0) is 116 Å². The second-order valence-corrected chi connectivity index (χ2v) is 14.2. The van der Waals surface area contributed by atoms with Crippen LogP contribution in [0, 0.1) is 46.3 Å². The molecule has 9 atom stereocenters. The number of rotatable bonds is 7. The smallest absolute Gasteiger partial charge is 0.0919 e. The van der Waals surface area contributed by atoms with Gasteiger partial charge < -0.3 is 10.2 Å². The zero-order valence-electron chi connectivity index (χ0n) is 23.7. The molecule has 1 unspecified atom stereocenters. The molecule has 3 saturated carbocycles. The topological polar surface area (TPSA) is 40.5 Å². The summed E-state index contributed by atoms with van der Waals surface area (Å²) < 4.78 is 0. The SMILES string of the molecule is CC(C)C(O)(CCC[C@@H](C)[C@H]1CC[C@H]2[C@@H]3CC=C4C[C@@H](O)CC[C@]4(C)[C@H]3CC[C@]12C)c1ccccc1. The van der Waals surface area contributed by atoms with Crippen LogP contribution in [0.1, 0.15) is 111 Å². The quantitative estimate of drug-likeness (QED) is 0.376. The van der Waals surface area contributed by atoms with Gasteiger partial charge >= 0.3 is 0 Å². The van der Waals surface area contributed by atoms with E-state index in [9.17, 15) is 10.2 Å². The fourth-order valence-corrected chi connectivity index (χ4v) is 10.0. The monoisotopic (exact) mass is 492 g/mol. The minimum atomic E-state index is -0.726. The van der Waals surface area contributed by atoms with Gasteiger partial charge in [0.15, 0.2) is 0 Å². The summed E-state index contributed by atoms with van der Waals surface area (Å²) >= 11 is 0. The molecule has 1 aromatic rings. The molecule has 0 aromatic heterocycles. The lowest BCUT2D eigenvalue weighted by Crippen LogP contribution is -2.50. The Morgan fingerprint density at radius 2 is 1.72 bits per heavy atom. The highest BCUT2D eigenvalue weighted by molar-refractivity contribution is 5.26. The predicted octanol–water partition coefficient (Wildman–Crippen LogP) is 8.28. The van der Waals surface area contributed by atoms with Gasteiger partial charge in [0.2, 0.25) is 0 Å². The van der Waals surface area contributed by atoms with Crippen molar-refractivity contribution in [3.8, 4) is 0 Å². The van der Waals surface area contributed by atoms with Crippen molar-refractivity contribution < 1.29 is 10.2 Å². The van der Waals surface area contributed by atoms with E-state index in [0.29, 0.717) is 10.8 Å². The first-order chi connectivity index (χ1) is 17.1. The average molecular weight is 493 g/mol. The molecule has 200 valence electrons. The number of allylic oxidation sites excluding steroid dienone is 1. The predicted molar refractivity (Wildman–Crippen MR) is 149 cm³/mol. The van der Waals surface area contributed by atoms with Crippen LogP contribution in [0.4, 0.5) is 0 Å². The summed E-state index contributed by atoms with van der Waals surface area (Å²) in [5.41, 5.74) is 2.75. The molecule has 1 aromatic carbocycles. The van der Waals surface area contributed by atoms with E-state index < -0.39 is 5.60 Å². The maximum atomic E-state index is 11.6. The summed E-state index contributed by atoms with van der Waals surface area (Å²) in [4.78, 5) is 0. The summed E-state index contributed by atoms with van der Waals surface area (Å²) in [5, 5.41) is 21.9. The third kappa shape index (κ3) is 4.33. The van der Waals surface area contributed by atoms with Crippen LogP contribution < -0.4 is 0 Å². The molecule has 0 bridgehead atoms. The van der Waals surface area contributed by atoms with Crippen LogP contribution in [0.15, 0.2) is 42.0 Å². The van der Waals surface area contributed by atoms with E-state index in [4.69, 9.17) is 0 Å². The van der Waals surface area contributed by atoms with Gasteiger partial charge in [-0.2, -0.15) is 0 Å². The first-order valence-corrected chi connectivity index (χ1v) is 15.2. The van der Waals surface area contributed by atoms with Gasteiger partial charge in [-0.3, -0.25) is 0 Å². The first kappa shape index (κ1) is 26.5. The van der Waals surface area contributed by atoms with Gasteiger partial charge in [0, 0.05) is 0 Å². The van der Waals surface area contributed by atoms with Gasteiger partial charge in [0.05, 0.1) is 11.7 Å².